The van der Waals surface area contributed by atoms with Crippen molar-refractivity contribution >= 4 is 70.6 Å². The minimum atomic E-state index is -1.75. The van der Waals surface area contributed by atoms with Crippen LogP contribution in [-0.2, 0) is 19.2 Å². The van der Waals surface area contributed by atoms with E-state index in [9.17, 15) is 24.3 Å². The lowest BCUT2D eigenvalue weighted by atomic mass is 9.84. The standard InChI is InChI=1S/C22H27Cl2N3O5S2/c1-11(2)26(12(3)4)20(30)22(21(31)32)9-25-18(29)17(19(25)33-10-22)27(13(5)28)34-16-8-14(23)6-7-15(16)24/h6-8,11-12,17,19H,9-10H2,1-5H3,(H,31,32)/t17?,19-,22?/m1/s1. The van der Waals surface area contributed by atoms with Gasteiger partial charge in [0.15, 0.2) is 11.5 Å². The lowest BCUT2D eigenvalue weighted by Gasteiger charge is -2.56. The number of carboxylic acid groups (broad SMARTS) is 1. The average molecular weight is 549 g/mol. The molecule has 0 saturated carbocycles. The van der Waals surface area contributed by atoms with E-state index < -0.39 is 34.6 Å². The number of nitrogens with zero attached hydrogens (tertiary/aromatic N) is 3. The number of amides is 3. The van der Waals surface area contributed by atoms with Gasteiger partial charge in [-0.15, -0.1) is 11.8 Å². The van der Waals surface area contributed by atoms with Crippen LogP contribution >= 0.6 is 46.9 Å². The van der Waals surface area contributed by atoms with Crippen molar-refractivity contribution in [3.63, 3.8) is 0 Å². The van der Waals surface area contributed by atoms with E-state index in [4.69, 9.17) is 23.2 Å². The van der Waals surface area contributed by atoms with Gasteiger partial charge in [0, 0.05) is 41.2 Å². The van der Waals surface area contributed by atoms with Gasteiger partial charge in [0.25, 0.3) is 5.91 Å². The third kappa shape index (κ3) is 4.74. The molecule has 8 nitrogen and oxygen atoms in total. The first-order valence-corrected chi connectivity index (χ1v) is 13.3. The predicted octanol–water partition coefficient (Wildman–Crippen LogP) is 3.85. The van der Waals surface area contributed by atoms with Crippen LogP contribution in [-0.4, -0.2) is 78.7 Å². The van der Waals surface area contributed by atoms with E-state index in [-0.39, 0.29) is 30.3 Å². The fourth-order valence-electron chi connectivity index (χ4n) is 4.27. The molecule has 0 radical (unpaired) electrons. The molecule has 0 spiro atoms. The molecule has 0 aliphatic carbocycles. The summed E-state index contributed by atoms with van der Waals surface area (Å²) in [5.74, 6) is -2.52. The van der Waals surface area contributed by atoms with Gasteiger partial charge in [-0.3, -0.25) is 23.5 Å². The molecule has 2 saturated heterocycles. The molecule has 186 valence electrons. The molecule has 1 aromatic carbocycles. The Morgan fingerprint density at radius 3 is 2.35 bits per heavy atom. The summed E-state index contributed by atoms with van der Waals surface area (Å²) in [6.45, 7) is 8.45. The zero-order valence-corrected chi connectivity index (χ0v) is 22.6. The lowest BCUT2D eigenvalue weighted by molar-refractivity contribution is -0.170. The molecule has 0 bridgehead atoms. The van der Waals surface area contributed by atoms with Gasteiger partial charge >= 0.3 is 5.97 Å². The van der Waals surface area contributed by atoms with Crippen LogP contribution in [0.15, 0.2) is 23.1 Å². The Hall–Kier alpha value is -1.62. The summed E-state index contributed by atoms with van der Waals surface area (Å²) in [6.07, 6.45) is 0. The Kier molecular flexibility index (Phi) is 8.06. The van der Waals surface area contributed by atoms with Gasteiger partial charge in [0.2, 0.25) is 11.8 Å². The molecule has 12 heteroatoms. The van der Waals surface area contributed by atoms with Crippen molar-refractivity contribution in [3.05, 3.63) is 28.2 Å². The summed E-state index contributed by atoms with van der Waals surface area (Å²) >= 11 is 14.5. The van der Waals surface area contributed by atoms with E-state index in [1.807, 2.05) is 27.7 Å². The molecule has 1 aromatic rings. The van der Waals surface area contributed by atoms with Crippen molar-refractivity contribution in [1.29, 1.82) is 0 Å². The van der Waals surface area contributed by atoms with Crippen molar-refractivity contribution in [2.24, 2.45) is 5.41 Å². The number of β-lactam (4-membered cyclic amide) rings is 1. The second-order valence-electron chi connectivity index (χ2n) is 8.91. The number of aliphatic carboxylic acids is 1. The molecule has 34 heavy (non-hydrogen) atoms. The van der Waals surface area contributed by atoms with Gasteiger partial charge in [-0.25, -0.2) is 0 Å². The molecule has 0 aromatic heterocycles. The number of benzene rings is 1. The highest BCUT2D eigenvalue weighted by molar-refractivity contribution is 8.00. The molecular weight excluding hydrogens is 521 g/mol. The number of hydrogen-bond acceptors (Lipinski definition) is 6. The molecule has 2 fully saturated rings. The maximum Gasteiger partial charge on any atom is 0.321 e. The van der Waals surface area contributed by atoms with Crippen LogP contribution < -0.4 is 0 Å². The van der Waals surface area contributed by atoms with Gasteiger partial charge < -0.3 is 14.9 Å². The average Bonchev–Trinajstić information content (AvgIpc) is 2.74. The minimum absolute atomic E-state index is 0.00359. The van der Waals surface area contributed by atoms with Gasteiger partial charge in [-0.1, -0.05) is 23.2 Å². The molecule has 3 amide bonds. The predicted molar refractivity (Wildman–Crippen MR) is 134 cm³/mol. The number of hydrogen-bond donors (Lipinski definition) is 1. The van der Waals surface area contributed by atoms with Crippen LogP contribution in [0, 0.1) is 5.41 Å². The van der Waals surface area contributed by atoms with Gasteiger partial charge in [-0.05, 0) is 57.8 Å². The quantitative estimate of drug-likeness (QED) is 0.314. The van der Waals surface area contributed by atoms with E-state index in [0.29, 0.717) is 14.9 Å². The van der Waals surface area contributed by atoms with Crippen LogP contribution in [0.1, 0.15) is 34.6 Å². The normalized spacial score (nSPS) is 24.0. The van der Waals surface area contributed by atoms with Crippen LogP contribution in [0.3, 0.4) is 0 Å². The Balaban J connectivity index is 1.86. The first-order valence-electron chi connectivity index (χ1n) is 10.7. The zero-order chi connectivity index (χ0) is 25.5. The van der Waals surface area contributed by atoms with E-state index in [1.54, 1.807) is 23.1 Å². The molecule has 2 unspecified atom stereocenters. The molecule has 2 heterocycles. The summed E-state index contributed by atoms with van der Waals surface area (Å²) in [5, 5.41) is 10.5. The summed E-state index contributed by atoms with van der Waals surface area (Å²) in [5.41, 5.74) is -1.75. The smallest absolute Gasteiger partial charge is 0.321 e. The summed E-state index contributed by atoms with van der Waals surface area (Å²) in [7, 11) is 0. The van der Waals surface area contributed by atoms with Crippen LogP contribution in [0.25, 0.3) is 0 Å². The van der Waals surface area contributed by atoms with E-state index in [2.05, 4.69) is 0 Å². The van der Waals surface area contributed by atoms with Crippen molar-refractivity contribution in [2.75, 3.05) is 12.3 Å². The van der Waals surface area contributed by atoms with Crippen LogP contribution in [0.4, 0.5) is 0 Å². The third-order valence-electron chi connectivity index (χ3n) is 5.87. The first-order chi connectivity index (χ1) is 15.8. The van der Waals surface area contributed by atoms with E-state index in [1.165, 1.54) is 27.9 Å². The lowest BCUT2D eigenvalue weighted by Crippen LogP contribution is -2.75. The molecule has 2 aliphatic heterocycles. The highest BCUT2D eigenvalue weighted by Gasteiger charge is 2.62. The second-order valence-corrected chi connectivity index (χ2v) is 11.9. The van der Waals surface area contributed by atoms with Crippen molar-refractivity contribution in [2.45, 2.75) is 63.0 Å². The first kappa shape index (κ1) is 27.0. The summed E-state index contributed by atoms with van der Waals surface area (Å²) in [4.78, 5) is 55.0. The Morgan fingerprint density at radius 2 is 1.82 bits per heavy atom. The van der Waals surface area contributed by atoms with Crippen LogP contribution in [0.2, 0.25) is 10.0 Å². The number of rotatable bonds is 7. The number of carbonyl (C=O) groups excluding carboxylic acids is 3. The highest BCUT2D eigenvalue weighted by atomic mass is 35.5. The summed E-state index contributed by atoms with van der Waals surface area (Å²) in [6, 6.07) is 3.64. The molecular formula is C22H27Cl2N3O5S2. The monoisotopic (exact) mass is 547 g/mol. The topological polar surface area (TPSA) is 98.2 Å². The second kappa shape index (κ2) is 10.2. The molecule has 3 atom stereocenters. The molecule has 3 rings (SSSR count). The molecule has 1 N–H and O–H groups in total. The Morgan fingerprint density at radius 1 is 1.21 bits per heavy atom. The number of halogens is 2. The fraction of sp³-hybridized carbons (Fsp3) is 0.545. The van der Waals surface area contributed by atoms with E-state index >= 15 is 0 Å². The number of fused-ring (bicyclic) bond motifs is 1. The maximum atomic E-state index is 13.5. The largest absolute Gasteiger partial charge is 0.480 e. The minimum Gasteiger partial charge on any atom is -0.480 e. The Bertz CT molecular complexity index is 1020. The number of thioether (sulfide) groups is 1. The van der Waals surface area contributed by atoms with E-state index in [0.717, 1.165) is 11.9 Å². The fourth-order valence-corrected chi connectivity index (χ4v) is 7.37. The Labute approximate surface area is 217 Å². The number of carboxylic acids is 1. The van der Waals surface area contributed by atoms with Crippen molar-refractivity contribution < 1.29 is 24.3 Å². The maximum absolute atomic E-state index is 13.5. The van der Waals surface area contributed by atoms with Crippen molar-refractivity contribution in [1.82, 2.24) is 14.1 Å². The zero-order valence-electron chi connectivity index (χ0n) is 19.4. The van der Waals surface area contributed by atoms with Gasteiger partial charge in [0.05, 0.1) is 5.02 Å². The SMILES string of the molecule is CC(=O)N(Sc1cc(Cl)ccc1Cl)C1C(=O)N2CC(C(=O)O)(C(=O)N(C(C)C)C(C)C)CS[C@H]12. The van der Waals surface area contributed by atoms with Crippen molar-refractivity contribution in [3.8, 4) is 0 Å². The summed E-state index contributed by atoms with van der Waals surface area (Å²) < 4.78 is 1.35. The highest BCUT2D eigenvalue weighted by Crippen LogP contribution is 2.47. The molecule has 2 aliphatic rings. The number of carbonyl (C=O) groups is 4. The van der Waals surface area contributed by atoms with Gasteiger partial charge in [-0.2, -0.15) is 0 Å². The third-order valence-corrected chi connectivity index (χ3v) is 9.28. The van der Waals surface area contributed by atoms with Crippen LogP contribution in [0.5, 0.6) is 0 Å². The van der Waals surface area contributed by atoms with Gasteiger partial charge in [0.1, 0.15) is 5.37 Å².